The summed E-state index contributed by atoms with van der Waals surface area (Å²) in [5, 5.41) is 7.42. The van der Waals surface area contributed by atoms with Gasteiger partial charge in [0.1, 0.15) is 11.0 Å². The summed E-state index contributed by atoms with van der Waals surface area (Å²) in [4.78, 5) is 22.4. The van der Waals surface area contributed by atoms with E-state index in [9.17, 15) is 4.79 Å². The number of nitrogens with zero attached hydrogens (tertiary/aromatic N) is 5. The summed E-state index contributed by atoms with van der Waals surface area (Å²) < 4.78 is 2.27. The number of aromatic amines is 1. The van der Waals surface area contributed by atoms with E-state index in [1.54, 1.807) is 11.3 Å². The van der Waals surface area contributed by atoms with Crippen molar-refractivity contribution in [2.24, 2.45) is 0 Å². The van der Waals surface area contributed by atoms with Crippen molar-refractivity contribution in [1.29, 1.82) is 0 Å². The Kier molecular flexibility index (Phi) is 1.95. The molecule has 0 atom stereocenters. The van der Waals surface area contributed by atoms with Crippen molar-refractivity contribution in [2.75, 3.05) is 18.0 Å². The summed E-state index contributed by atoms with van der Waals surface area (Å²) in [5.74, 6) is 0. The third-order valence-electron chi connectivity index (χ3n) is 3.18. The van der Waals surface area contributed by atoms with Gasteiger partial charge < -0.3 is 4.90 Å². The Balaban J connectivity index is 1.98. The molecule has 0 amide bonds. The van der Waals surface area contributed by atoms with Crippen molar-refractivity contribution < 1.29 is 0 Å². The van der Waals surface area contributed by atoms with Gasteiger partial charge in [0.2, 0.25) is 0 Å². The van der Waals surface area contributed by atoms with Gasteiger partial charge >= 0.3 is 5.69 Å². The topological polar surface area (TPSA) is 79.2 Å². The molecule has 7 nitrogen and oxygen atoms in total. The van der Waals surface area contributed by atoms with Crippen molar-refractivity contribution in [3.63, 3.8) is 0 Å². The molecule has 0 aliphatic carbocycles. The fraction of sp³-hybridized carbons (Fsp3) is 0.400. The van der Waals surface area contributed by atoms with E-state index in [-0.39, 0.29) is 5.69 Å². The van der Waals surface area contributed by atoms with Crippen LogP contribution >= 0.6 is 11.3 Å². The lowest BCUT2D eigenvalue weighted by Gasteiger charge is -2.11. The number of thiazole rings is 1. The zero-order valence-corrected chi connectivity index (χ0v) is 10.3. The number of aromatic nitrogens is 5. The molecule has 92 valence electrons. The number of hydrogen-bond acceptors (Lipinski definition) is 6. The average molecular weight is 262 g/mol. The highest BCUT2D eigenvalue weighted by Crippen LogP contribution is 2.31. The van der Waals surface area contributed by atoms with Crippen LogP contribution < -0.4 is 10.6 Å². The lowest BCUT2D eigenvalue weighted by molar-refractivity contribution is 0.949. The molecule has 3 aromatic rings. The highest BCUT2D eigenvalue weighted by atomic mass is 32.1. The number of anilines is 1. The van der Waals surface area contributed by atoms with E-state index in [4.69, 9.17) is 0 Å². The molecule has 4 rings (SSSR count). The van der Waals surface area contributed by atoms with E-state index < -0.39 is 0 Å². The maximum Gasteiger partial charge on any atom is 0.349 e. The standard InChI is InChI=1S/C10H10N6OS/c17-9-14-13-8-6-7(11-5-16(8)9)12-10(18-6)15-3-1-2-4-15/h5H,1-4H2,(H,14,17). The molecule has 0 unspecified atom stereocenters. The molecular weight excluding hydrogens is 252 g/mol. The molecule has 8 heteroatoms. The second-order valence-corrected chi connectivity index (χ2v) is 5.29. The molecule has 0 radical (unpaired) electrons. The largest absolute Gasteiger partial charge is 0.349 e. The van der Waals surface area contributed by atoms with E-state index in [0.717, 1.165) is 22.9 Å². The molecular formula is C10H10N6OS. The Labute approximate surface area is 105 Å². The van der Waals surface area contributed by atoms with E-state index in [1.807, 2.05) is 0 Å². The number of hydrogen-bond donors (Lipinski definition) is 1. The maximum absolute atomic E-state index is 11.5. The highest BCUT2D eigenvalue weighted by molar-refractivity contribution is 7.22. The first kappa shape index (κ1) is 10.0. The van der Waals surface area contributed by atoms with Gasteiger partial charge in [-0.1, -0.05) is 11.3 Å². The lowest BCUT2D eigenvalue weighted by atomic mass is 10.4. The summed E-state index contributed by atoms with van der Waals surface area (Å²) in [6.07, 6.45) is 3.89. The molecule has 1 aliphatic rings. The third kappa shape index (κ3) is 1.29. The predicted octanol–water partition coefficient (Wildman–Crippen LogP) is 0.627. The Morgan fingerprint density at radius 1 is 1.33 bits per heavy atom. The fourth-order valence-electron chi connectivity index (χ4n) is 2.26. The van der Waals surface area contributed by atoms with Crippen molar-refractivity contribution in [1.82, 2.24) is 24.6 Å². The van der Waals surface area contributed by atoms with Crippen molar-refractivity contribution in [2.45, 2.75) is 12.8 Å². The number of rotatable bonds is 1. The molecule has 1 saturated heterocycles. The minimum absolute atomic E-state index is 0.268. The molecule has 0 bridgehead atoms. The van der Waals surface area contributed by atoms with E-state index in [1.165, 1.54) is 23.6 Å². The molecule has 0 aromatic carbocycles. The Morgan fingerprint density at radius 3 is 3.00 bits per heavy atom. The third-order valence-corrected chi connectivity index (χ3v) is 4.28. The average Bonchev–Trinajstić information content (AvgIpc) is 3.05. The SMILES string of the molecule is O=c1[nH]nc2c3sc(N4CCCC4)nc3ncn12. The molecule has 0 spiro atoms. The molecule has 3 aromatic heterocycles. The number of nitrogens with one attached hydrogen (secondary N) is 1. The summed E-state index contributed by atoms with van der Waals surface area (Å²) in [7, 11) is 0. The van der Waals surface area contributed by atoms with Gasteiger partial charge in [-0.2, -0.15) is 10.1 Å². The smallest absolute Gasteiger partial charge is 0.348 e. The van der Waals surface area contributed by atoms with E-state index in [0.29, 0.717) is 11.3 Å². The Hall–Kier alpha value is -1.96. The predicted molar refractivity (Wildman–Crippen MR) is 68.2 cm³/mol. The van der Waals surface area contributed by atoms with E-state index in [2.05, 4.69) is 25.1 Å². The molecule has 0 saturated carbocycles. The van der Waals surface area contributed by atoms with Gasteiger partial charge in [-0.15, -0.1) is 0 Å². The van der Waals surface area contributed by atoms with Crippen LogP contribution in [0.4, 0.5) is 5.13 Å². The van der Waals surface area contributed by atoms with Crippen LogP contribution in [0.15, 0.2) is 11.1 Å². The molecule has 4 heterocycles. The summed E-state index contributed by atoms with van der Waals surface area (Å²) in [6, 6.07) is 0. The van der Waals surface area contributed by atoms with E-state index >= 15 is 0 Å². The second kappa shape index (κ2) is 3.52. The highest BCUT2D eigenvalue weighted by Gasteiger charge is 2.18. The van der Waals surface area contributed by atoms with Gasteiger partial charge in [-0.3, -0.25) is 0 Å². The Morgan fingerprint density at radius 2 is 2.17 bits per heavy atom. The first-order valence-electron chi connectivity index (χ1n) is 5.80. The van der Waals surface area contributed by atoms with Crippen LogP contribution in [0.5, 0.6) is 0 Å². The van der Waals surface area contributed by atoms with Crippen molar-refractivity contribution in [3.05, 3.63) is 16.8 Å². The summed E-state index contributed by atoms with van der Waals surface area (Å²) in [5.41, 5.74) is 0.997. The van der Waals surface area contributed by atoms with Gasteiger partial charge in [0, 0.05) is 13.1 Å². The zero-order valence-electron chi connectivity index (χ0n) is 9.46. The maximum atomic E-state index is 11.5. The molecule has 1 aliphatic heterocycles. The quantitative estimate of drug-likeness (QED) is 0.695. The normalized spacial score (nSPS) is 16.1. The molecule has 1 fully saturated rings. The number of H-pyrrole nitrogens is 1. The van der Waals surface area contributed by atoms with Gasteiger partial charge in [0.05, 0.1) is 0 Å². The van der Waals surface area contributed by atoms with Crippen LogP contribution in [0.25, 0.3) is 16.0 Å². The van der Waals surface area contributed by atoms with Gasteiger partial charge in [-0.05, 0) is 12.8 Å². The van der Waals surface area contributed by atoms with Gasteiger partial charge in [-0.25, -0.2) is 19.3 Å². The first-order valence-corrected chi connectivity index (χ1v) is 6.62. The second-order valence-electron chi connectivity index (χ2n) is 4.31. The van der Waals surface area contributed by atoms with Crippen LogP contribution in [0.2, 0.25) is 0 Å². The number of fused-ring (bicyclic) bond motifs is 3. The fourth-order valence-corrected chi connectivity index (χ4v) is 3.31. The minimum atomic E-state index is -0.268. The van der Waals surface area contributed by atoms with Crippen LogP contribution in [0, 0.1) is 0 Å². The van der Waals surface area contributed by atoms with Gasteiger partial charge in [0.25, 0.3) is 0 Å². The van der Waals surface area contributed by atoms with Crippen molar-refractivity contribution >= 4 is 32.5 Å². The minimum Gasteiger partial charge on any atom is -0.348 e. The summed E-state index contributed by atoms with van der Waals surface area (Å²) in [6.45, 7) is 2.09. The Bertz CT molecular complexity index is 780. The zero-order chi connectivity index (χ0) is 12.1. The molecule has 18 heavy (non-hydrogen) atoms. The lowest BCUT2D eigenvalue weighted by Crippen LogP contribution is -2.16. The van der Waals surface area contributed by atoms with Gasteiger partial charge in [0.15, 0.2) is 16.4 Å². The van der Waals surface area contributed by atoms with Crippen LogP contribution in [0.1, 0.15) is 12.8 Å². The van der Waals surface area contributed by atoms with Crippen molar-refractivity contribution in [3.8, 4) is 0 Å². The van der Waals surface area contributed by atoms with Crippen LogP contribution in [-0.2, 0) is 0 Å². The summed E-state index contributed by atoms with van der Waals surface area (Å²) >= 11 is 1.55. The monoisotopic (exact) mass is 262 g/mol. The first-order chi connectivity index (χ1) is 8.83. The van der Waals surface area contributed by atoms with Crippen LogP contribution in [0.3, 0.4) is 0 Å². The molecule has 1 N–H and O–H groups in total. The van der Waals surface area contributed by atoms with Crippen LogP contribution in [-0.4, -0.2) is 37.7 Å².